The van der Waals surface area contributed by atoms with E-state index in [0.29, 0.717) is 31.2 Å². The van der Waals surface area contributed by atoms with Crippen LogP contribution in [0.15, 0.2) is 65.1 Å². The Morgan fingerprint density at radius 1 is 1.03 bits per heavy atom. The second kappa shape index (κ2) is 9.13. The molecular formula is C24H25FN2O3. The molecule has 156 valence electrons. The summed E-state index contributed by atoms with van der Waals surface area (Å²) in [5.41, 5.74) is 2.00. The lowest BCUT2D eigenvalue weighted by molar-refractivity contribution is 0.0594. The van der Waals surface area contributed by atoms with E-state index in [0.717, 1.165) is 30.0 Å². The van der Waals surface area contributed by atoms with Gasteiger partial charge in [-0.25, -0.2) is 4.39 Å². The predicted octanol–water partition coefficient (Wildman–Crippen LogP) is 4.26. The van der Waals surface area contributed by atoms with Gasteiger partial charge >= 0.3 is 0 Å². The maximum Gasteiger partial charge on any atom is 0.289 e. The molecule has 1 amide bonds. The zero-order chi connectivity index (χ0) is 20.9. The summed E-state index contributed by atoms with van der Waals surface area (Å²) in [5.74, 6) is 1.42. The molecule has 2 aromatic carbocycles. The van der Waals surface area contributed by atoms with Crippen molar-refractivity contribution >= 4 is 5.91 Å². The highest BCUT2D eigenvalue weighted by molar-refractivity contribution is 5.91. The Kier molecular flexibility index (Phi) is 6.14. The van der Waals surface area contributed by atoms with Gasteiger partial charge in [-0.3, -0.25) is 9.69 Å². The lowest BCUT2D eigenvalue weighted by Crippen LogP contribution is -2.48. The van der Waals surface area contributed by atoms with Crippen molar-refractivity contribution in [3.63, 3.8) is 0 Å². The fourth-order valence-electron chi connectivity index (χ4n) is 3.60. The van der Waals surface area contributed by atoms with E-state index in [-0.39, 0.29) is 18.3 Å². The maximum atomic E-state index is 13.4. The molecule has 0 N–H and O–H groups in total. The Hall–Kier alpha value is -3.12. The Labute approximate surface area is 175 Å². The molecule has 6 heteroatoms. The topological polar surface area (TPSA) is 45.9 Å². The summed E-state index contributed by atoms with van der Waals surface area (Å²) in [5, 5.41) is 0. The molecule has 0 radical (unpaired) electrons. The van der Waals surface area contributed by atoms with Gasteiger partial charge in [0.1, 0.15) is 23.9 Å². The number of nitrogens with zero attached hydrogens (tertiary/aromatic N) is 2. The monoisotopic (exact) mass is 408 g/mol. The first-order valence-electron chi connectivity index (χ1n) is 10.1. The van der Waals surface area contributed by atoms with Crippen LogP contribution in [0.5, 0.6) is 5.75 Å². The van der Waals surface area contributed by atoms with Crippen molar-refractivity contribution in [2.24, 2.45) is 0 Å². The smallest absolute Gasteiger partial charge is 0.289 e. The molecular weight excluding hydrogens is 383 g/mol. The van der Waals surface area contributed by atoms with Gasteiger partial charge in [0.25, 0.3) is 5.91 Å². The van der Waals surface area contributed by atoms with Gasteiger partial charge in [-0.1, -0.05) is 30.3 Å². The second-order valence-electron chi connectivity index (χ2n) is 7.52. The van der Waals surface area contributed by atoms with E-state index >= 15 is 0 Å². The number of benzene rings is 2. The summed E-state index contributed by atoms with van der Waals surface area (Å²) < 4.78 is 24.9. The van der Waals surface area contributed by atoms with Crippen LogP contribution in [-0.2, 0) is 13.2 Å². The molecule has 0 saturated carbocycles. The van der Waals surface area contributed by atoms with Crippen molar-refractivity contribution in [1.29, 1.82) is 0 Å². The SMILES string of the molecule is Cc1ccccc1OCc1ccc(C(=O)N2CCN(Cc3cccc(F)c3)CC2)o1. The summed E-state index contributed by atoms with van der Waals surface area (Å²) in [6, 6.07) is 17.9. The molecule has 30 heavy (non-hydrogen) atoms. The number of carbonyl (C=O) groups is 1. The van der Waals surface area contributed by atoms with Crippen LogP contribution in [0.1, 0.15) is 27.4 Å². The molecule has 0 atom stereocenters. The van der Waals surface area contributed by atoms with Crippen LogP contribution in [0.3, 0.4) is 0 Å². The number of hydrogen-bond donors (Lipinski definition) is 0. The van der Waals surface area contributed by atoms with Crippen LogP contribution in [0, 0.1) is 12.7 Å². The molecule has 4 rings (SSSR count). The van der Waals surface area contributed by atoms with Gasteiger partial charge in [-0.2, -0.15) is 0 Å². The number of furan rings is 1. The van der Waals surface area contributed by atoms with Gasteiger partial charge in [0.15, 0.2) is 5.76 Å². The highest BCUT2D eigenvalue weighted by Crippen LogP contribution is 2.19. The number of aryl methyl sites for hydroxylation is 1. The normalized spacial score (nSPS) is 14.7. The minimum atomic E-state index is -0.221. The van der Waals surface area contributed by atoms with Gasteiger partial charge in [-0.05, 0) is 48.4 Å². The van der Waals surface area contributed by atoms with Crippen LogP contribution < -0.4 is 4.74 Å². The molecule has 1 aliphatic heterocycles. The van der Waals surface area contributed by atoms with E-state index in [9.17, 15) is 9.18 Å². The second-order valence-corrected chi connectivity index (χ2v) is 7.52. The first-order chi connectivity index (χ1) is 14.6. The first kappa shape index (κ1) is 20.2. The molecule has 1 aromatic heterocycles. The third kappa shape index (κ3) is 4.89. The predicted molar refractivity (Wildman–Crippen MR) is 112 cm³/mol. The lowest BCUT2D eigenvalue weighted by Gasteiger charge is -2.34. The fourth-order valence-corrected chi connectivity index (χ4v) is 3.60. The van der Waals surface area contributed by atoms with Gasteiger partial charge < -0.3 is 14.1 Å². The number of piperazine rings is 1. The Bertz CT molecular complexity index is 1010. The number of para-hydroxylation sites is 1. The summed E-state index contributed by atoms with van der Waals surface area (Å²) in [7, 11) is 0. The van der Waals surface area contributed by atoms with E-state index in [1.807, 2.05) is 37.3 Å². The van der Waals surface area contributed by atoms with Gasteiger partial charge in [0, 0.05) is 32.7 Å². The summed E-state index contributed by atoms with van der Waals surface area (Å²) in [6.07, 6.45) is 0. The number of rotatable bonds is 6. The molecule has 3 aromatic rings. The molecule has 1 fully saturated rings. The first-order valence-corrected chi connectivity index (χ1v) is 10.1. The van der Waals surface area contributed by atoms with E-state index in [1.54, 1.807) is 29.2 Å². The van der Waals surface area contributed by atoms with Crippen LogP contribution >= 0.6 is 0 Å². The average Bonchev–Trinajstić information content (AvgIpc) is 3.22. The van der Waals surface area contributed by atoms with Gasteiger partial charge in [0.05, 0.1) is 0 Å². The minimum Gasteiger partial charge on any atom is -0.485 e. The number of carbonyl (C=O) groups excluding carboxylic acids is 1. The average molecular weight is 408 g/mol. The highest BCUT2D eigenvalue weighted by atomic mass is 19.1. The van der Waals surface area contributed by atoms with Crippen LogP contribution in [-0.4, -0.2) is 41.9 Å². The van der Waals surface area contributed by atoms with Crippen molar-refractivity contribution in [2.45, 2.75) is 20.1 Å². The molecule has 1 aliphatic rings. The Morgan fingerprint density at radius 3 is 2.60 bits per heavy atom. The van der Waals surface area contributed by atoms with Crippen LogP contribution in [0.2, 0.25) is 0 Å². The number of hydrogen-bond acceptors (Lipinski definition) is 4. The largest absolute Gasteiger partial charge is 0.485 e. The molecule has 2 heterocycles. The van der Waals surface area contributed by atoms with E-state index in [1.165, 1.54) is 6.07 Å². The Balaban J connectivity index is 1.29. The number of ether oxygens (including phenoxy) is 1. The molecule has 0 aliphatic carbocycles. The van der Waals surface area contributed by atoms with Crippen LogP contribution in [0.25, 0.3) is 0 Å². The molecule has 0 spiro atoms. The van der Waals surface area contributed by atoms with E-state index in [2.05, 4.69) is 4.90 Å². The Morgan fingerprint density at radius 2 is 1.83 bits per heavy atom. The molecule has 0 bridgehead atoms. The fraction of sp³-hybridized carbons (Fsp3) is 0.292. The minimum absolute atomic E-state index is 0.109. The molecule has 0 unspecified atom stereocenters. The van der Waals surface area contributed by atoms with Crippen molar-refractivity contribution in [2.75, 3.05) is 26.2 Å². The number of amides is 1. The third-order valence-electron chi connectivity index (χ3n) is 5.29. The number of halogens is 1. The maximum absolute atomic E-state index is 13.4. The molecule has 5 nitrogen and oxygen atoms in total. The van der Waals surface area contributed by atoms with E-state index in [4.69, 9.17) is 9.15 Å². The van der Waals surface area contributed by atoms with E-state index < -0.39 is 0 Å². The van der Waals surface area contributed by atoms with Gasteiger partial charge in [0.2, 0.25) is 0 Å². The summed E-state index contributed by atoms with van der Waals surface area (Å²) in [6.45, 7) is 5.66. The van der Waals surface area contributed by atoms with Crippen molar-refractivity contribution in [3.05, 3.63) is 89.1 Å². The third-order valence-corrected chi connectivity index (χ3v) is 5.29. The van der Waals surface area contributed by atoms with Crippen molar-refractivity contribution < 1.29 is 18.3 Å². The summed E-state index contributed by atoms with van der Waals surface area (Å²) >= 11 is 0. The zero-order valence-corrected chi connectivity index (χ0v) is 17.0. The van der Waals surface area contributed by atoms with Gasteiger partial charge in [-0.15, -0.1) is 0 Å². The standard InChI is InChI=1S/C24H25FN2O3/c1-18-5-2-3-8-22(18)29-17-21-9-10-23(30-21)24(28)27-13-11-26(12-14-27)16-19-6-4-7-20(25)15-19/h2-10,15H,11-14,16-17H2,1H3. The quantitative estimate of drug-likeness (QED) is 0.611. The van der Waals surface area contributed by atoms with Crippen molar-refractivity contribution in [1.82, 2.24) is 9.80 Å². The molecule has 1 saturated heterocycles. The summed E-state index contributed by atoms with van der Waals surface area (Å²) in [4.78, 5) is 16.8. The zero-order valence-electron chi connectivity index (χ0n) is 17.0. The highest BCUT2D eigenvalue weighted by Gasteiger charge is 2.24. The van der Waals surface area contributed by atoms with Crippen molar-refractivity contribution in [3.8, 4) is 5.75 Å². The van der Waals surface area contributed by atoms with Crippen LogP contribution in [0.4, 0.5) is 4.39 Å². The lowest BCUT2D eigenvalue weighted by atomic mass is 10.2.